The lowest BCUT2D eigenvalue weighted by Crippen LogP contribution is -2.20. The van der Waals surface area contributed by atoms with Crippen molar-refractivity contribution in [2.24, 2.45) is 5.92 Å². The van der Waals surface area contributed by atoms with E-state index in [1.54, 1.807) is 14.2 Å². The lowest BCUT2D eigenvalue weighted by atomic mass is 9.95. The Morgan fingerprint density at radius 2 is 1.83 bits per heavy atom. The van der Waals surface area contributed by atoms with Gasteiger partial charge in [0.05, 0.1) is 20.3 Å². The van der Waals surface area contributed by atoms with E-state index in [1.165, 1.54) is 12.8 Å². The summed E-state index contributed by atoms with van der Waals surface area (Å²) in [6.07, 6.45) is 5.31. The number of aliphatic hydroxyl groups is 1. The highest BCUT2D eigenvalue weighted by molar-refractivity contribution is 5.43. The molecule has 1 N–H and O–H groups in total. The van der Waals surface area contributed by atoms with E-state index in [4.69, 9.17) is 9.47 Å². The number of hydrogen-bond donors (Lipinski definition) is 1. The Morgan fingerprint density at radius 1 is 1.17 bits per heavy atom. The third-order valence-corrected chi connectivity index (χ3v) is 3.84. The van der Waals surface area contributed by atoms with Gasteiger partial charge in [-0.3, -0.25) is 0 Å². The van der Waals surface area contributed by atoms with Gasteiger partial charge in [-0.15, -0.1) is 0 Å². The maximum absolute atomic E-state index is 10.2. The smallest absolute Gasteiger partial charge is 0.160 e. The van der Waals surface area contributed by atoms with Gasteiger partial charge in [0.25, 0.3) is 0 Å². The van der Waals surface area contributed by atoms with E-state index in [-0.39, 0.29) is 6.10 Å². The van der Waals surface area contributed by atoms with E-state index in [1.807, 2.05) is 18.2 Å². The molecular weight excluding hydrogens is 228 g/mol. The van der Waals surface area contributed by atoms with Gasteiger partial charge in [0.15, 0.2) is 11.5 Å². The van der Waals surface area contributed by atoms with Gasteiger partial charge in [-0.05, 0) is 42.9 Å². The molecule has 1 fully saturated rings. The summed E-state index contributed by atoms with van der Waals surface area (Å²) < 4.78 is 10.5. The fourth-order valence-corrected chi connectivity index (χ4v) is 2.76. The van der Waals surface area contributed by atoms with Crippen LogP contribution in [0.3, 0.4) is 0 Å². The predicted octanol–water partition coefficient (Wildman–Crippen LogP) is 2.80. The molecule has 1 atom stereocenters. The molecule has 1 aromatic carbocycles. The zero-order valence-corrected chi connectivity index (χ0v) is 11.2. The van der Waals surface area contributed by atoms with Gasteiger partial charge in [-0.1, -0.05) is 18.9 Å². The van der Waals surface area contributed by atoms with Gasteiger partial charge >= 0.3 is 0 Å². The van der Waals surface area contributed by atoms with Crippen molar-refractivity contribution in [2.75, 3.05) is 14.2 Å². The zero-order valence-electron chi connectivity index (χ0n) is 11.2. The predicted molar refractivity (Wildman–Crippen MR) is 71.2 cm³/mol. The highest BCUT2D eigenvalue weighted by Gasteiger charge is 2.23. The largest absolute Gasteiger partial charge is 0.493 e. The molecule has 1 saturated carbocycles. The second-order valence-corrected chi connectivity index (χ2v) is 5.01. The van der Waals surface area contributed by atoms with Crippen molar-refractivity contribution in [1.29, 1.82) is 0 Å². The van der Waals surface area contributed by atoms with Crippen molar-refractivity contribution in [3.05, 3.63) is 23.8 Å². The van der Waals surface area contributed by atoms with Gasteiger partial charge in [0.2, 0.25) is 0 Å². The number of methoxy groups -OCH3 is 2. The van der Waals surface area contributed by atoms with Crippen LogP contribution in [0.5, 0.6) is 11.5 Å². The standard InChI is InChI=1S/C15H22O3/c1-17-14-8-7-11(10-15(14)18-2)9-13(16)12-5-3-4-6-12/h7-8,10,12-13,16H,3-6,9H2,1-2H3. The molecule has 18 heavy (non-hydrogen) atoms. The molecular formula is C15H22O3. The molecule has 0 bridgehead atoms. The molecule has 0 aliphatic heterocycles. The zero-order chi connectivity index (χ0) is 13.0. The minimum atomic E-state index is -0.231. The van der Waals surface area contributed by atoms with Crippen molar-refractivity contribution in [3.63, 3.8) is 0 Å². The van der Waals surface area contributed by atoms with Crippen molar-refractivity contribution in [3.8, 4) is 11.5 Å². The summed E-state index contributed by atoms with van der Waals surface area (Å²) in [5.41, 5.74) is 1.10. The first-order chi connectivity index (χ1) is 8.74. The molecule has 1 aromatic rings. The van der Waals surface area contributed by atoms with Gasteiger partial charge in [-0.2, -0.15) is 0 Å². The third kappa shape index (κ3) is 2.96. The van der Waals surface area contributed by atoms with Crippen molar-refractivity contribution >= 4 is 0 Å². The minimum absolute atomic E-state index is 0.231. The normalized spacial score (nSPS) is 17.7. The molecule has 3 heteroatoms. The summed E-state index contributed by atoms with van der Waals surface area (Å²) in [7, 11) is 3.26. The van der Waals surface area contributed by atoms with Crippen LogP contribution in [0.25, 0.3) is 0 Å². The average molecular weight is 250 g/mol. The molecule has 1 unspecified atom stereocenters. The molecule has 0 aromatic heterocycles. The molecule has 0 amide bonds. The van der Waals surface area contributed by atoms with Crippen molar-refractivity contribution in [2.45, 2.75) is 38.2 Å². The Bertz CT molecular complexity index is 383. The summed E-state index contributed by atoms with van der Waals surface area (Å²) in [4.78, 5) is 0. The summed E-state index contributed by atoms with van der Waals surface area (Å²) in [6.45, 7) is 0. The average Bonchev–Trinajstić information content (AvgIpc) is 2.92. The molecule has 0 saturated heterocycles. The second kappa shape index (κ2) is 6.10. The molecule has 1 aliphatic carbocycles. The van der Waals surface area contributed by atoms with Crippen LogP contribution in [0.2, 0.25) is 0 Å². The van der Waals surface area contributed by atoms with Crippen LogP contribution in [0.15, 0.2) is 18.2 Å². The fourth-order valence-electron chi connectivity index (χ4n) is 2.76. The van der Waals surface area contributed by atoms with Crippen molar-refractivity contribution < 1.29 is 14.6 Å². The van der Waals surface area contributed by atoms with Crippen LogP contribution in [-0.4, -0.2) is 25.4 Å². The van der Waals surface area contributed by atoms with Crippen LogP contribution in [-0.2, 0) is 6.42 Å². The topological polar surface area (TPSA) is 38.7 Å². The van der Waals surface area contributed by atoms with Gasteiger partial charge in [-0.25, -0.2) is 0 Å². The first-order valence-corrected chi connectivity index (χ1v) is 6.63. The Balaban J connectivity index is 2.04. The van der Waals surface area contributed by atoms with E-state index >= 15 is 0 Å². The molecule has 1 aliphatic rings. The third-order valence-electron chi connectivity index (χ3n) is 3.84. The molecule has 0 heterocycles. The van der Waals surface area contributed by atoms with Gasteiger partial charge in [0, 0.05) is 0 Å². The number of ether oxygens (including phenoxy) is 2. The Hall–Kier alpha value is -1.22. The van der Waals surface area contributed by atoms with E-state index in [9.17, 15) is 5.11 Å². The van der Waals surface area contributed by atoms with Crippen LogP contribution >= 0.6 is 0 Å². The van der Waals surface area contributed by atoms with E-state index < -0.39 is 0 Å². The molecule has 100 valence electrons. The van der Waals surface area contributed by atoms with Gasteiger partial charge < -0.3 is 14.6 Å². The minimum Gasteiger partial charge on any atom is -0.493 e. The second-order valence-electron chi connectivity index (χ2n) is 5.01. The van der Waals surface area contributed by atoms with Gasteiger partial charge in [0.1, 0.15) is 0 Å². The van der Waals surface area contributed by atoms with Crippen LogP contribution < -0.4 is 9.47 Å². The fraction of sp³-hybridized carbons (Fsp3) is 0.600. The summed E-state index contributed by atoms with van der Waals surface area (Å²) in [6, 6.07) is 5.85. The number of rotatable bonds is 5. The summed E-state index contributed by atoms with van der Waals surface area (Å²) >= 11 is 0. The Kier molecular flexibility index (Phi) is 4.48. The molecule has 0 spiro atoms. The lowest BCUT2D eigenvalue weighted by Gasteiger charge is -2.18. The first kappa shape index (κ1) is 13.2. The molecule has 3 nitrogen and oxygen atoms in total. The first-order valence-electron chi connectivity index (χ1n) is 6.63. The van der Waals surface area contributed by atoms with E-state index in [0.717, 1.165) is 29.9 Å². The van der Waals surface area contributed by atoms with E-state index in [0.29, 0.717) is 12.3 Å². The van der Waals surface area contributed by atoms with Crippen LogP contribution in [0.4, 0.5) is 0 Å². The SMILES string of the molecule is COc1ccc(CC(O)C2CCCC2)cc1OC. The highest BCUT2D eigenvalue weighted by Crippen LogP contribution is 2.31. The Morgan fingerprint density at radius 3 is 2.44 bits per heavy atom. The number of aliphatic hydroxyl groups excluding tert-OH is 1. The van der Waals surface area contributed by atoms with Crippen LogP contribution in [0, 0.1) is 5.92 Å². The van der Waals surface area contributed by atoms with Crippen LogP contribution in [0.1, 0.15) is 31.2 Å². The quantitative estimate of drug-likeness (QED) is 0.873. The number of benzene rings is 1. The maximum atomic E-state index is 10.2. The molecule has 0 radical (unpaired) electrons. The lowest BCUT2D eigenvalue weighted by molar-refractivity contribution is 0.111. The Labute approximate surface area is 109 Å². The number of hydrogen-bond acceptors (Lipinski definition) is 3. The highest BCUT2D eigenvalue weighted by atomic mass is 16.5. The van der Waals surface area contributed by atoms with Crippen molar-refractivity contribution in [1.82, 2.24) is 0 Å². The van der Waals surface area contributed by atoms with E-state index in [2.05, 4.69) is 0 Å². The molecule has 2 rings (SSSR count). The summed E-state index contributed by atoms with van der Waals surface area (Å²) in [5, 5.41) is 10.2. The summed E-state index contributed by atoms with van der Waals surface area (Å²) in [5.74, 6) is 1.93. The monoisotopic (exact) mass is 250 g/mol. The maximum Gasteiger partial charge on any atom is 0.160 e.